The predicted octanol–water partition coefficient (Wildman–Crippen LogP) is 2.20. The molecule has 0 radical (unpaired) electrons. The number of nitrogens with one attached hydrogen (secondary N) is 2. The summed E-state index contributed by atoms with van der Waals surface area (Å²) < 4.78 is 1.91. The van der Waals surface area contributed by atoms with Gasteiger partial charge in [-0.25, -0.2) is 4.98 Å². The molecule has 110 valence electrons. The van der Waals surface area contributed by atoms with Crippen LogP contribution in [-0.2, 0) is 4.79 Å². The lowest BCUT2D eigenvalue weighted by atomic mass is 9.92. The van der Waals surface area contributed by atoms with Gasteiger partial charge in [0, 0.05) is 23.8 Å². The molecule has 2 heterocycles. The maximum atomic E-state index is 12.4. The predicted molar refractivity (Wildman–Crippen MR) is 82.4 cm³/mol. The third kappa shape index (κ3) is 3.13. The number of aromatic nitrogens is 2. The summed E-state index contributed by atoms with van der Waals surface area (Å²) in [6.07, 6.45) is 7.59. The molecule has 3 rings (SSSR count). The van der Waals surface area contributed by atoms with Crippen molar-refractivity contribution >= 4 is 11.6 Å². The number of rotatable bonds is 3. The van der Waals surface area contributed by atoms with E-state index in [2.05, 4.69) is 22.5 Å². The molecule has 2 N–H and O–H groups in total. The van der Waals surface area contributed by atoms with Crippen molar-refractivity contribution in [2.75, 3.05) is 11.9 Å². The summed E-state index contributed by atoms with van der Waals surface area (Å²) in [4.78, 5) is 16.4. The summed E-state index contributed by atoms with van der Waals surface area (Å²) in [6, 6.07) is 7.68. The van der Waals surface area contributed by atoms with Crippen molar-refractivity contribution < 1.29 is 4.79 Å². The normalized spacial score (nSPS) is 22.0. The largest absolute Gasteiger partial charge is 0.325 e. The average Bonchev–Trinajstić information content (AvgIpc) is 3.02. The minimum absolute atomic E-state index is 0.0463. The number of hydrogen-bond acceptors (Lipinski definition) is 3. The van der Waals surface area contributed by atoms with Crippen molar-refractivity contribution in [3.8, 4) is 5.69 Å². The molecule has 1 fully saturated rings. The van der Waals surface area contributed by atoms with Gasteiger partial charge >= 0.3 is 0 Å². The molecule has 5 nitrogen and oxygen atoms in total. The number of nitrogens with zero attached hydrogens (tertiary/aromatic N) is 2. The van der Waals surface area contributed by atoms with Crippen molar-refractivity contribution in [2.24, 2.45) is 5.92 Å². The monoisotopic (exact) mass is 284 g/mol. The van der Waals surface area contributed by atoms with Crippen LogP contribution in [0.4, 0.5) is 5.69 Å². The molecule has 0 bridgehead atoms. The molecule has 0 saturated carbocycles. The molecule has 1 saturated heterocycles. The number of imidazole rings is 1. The van der Waals surface area contributed by atoms with E-state index in [9.17, 15) is 4.79 Å². The SMILES string of the molecule is CC1CCCNC1C(=O)Nc1cccc(-n2ccnc2)c1. The van der Waals surface area contributed by atoms with Crippen molar-refractivity contribution in [1.29, 1.82) is 0 Å². The van der Waals surface area contributed by atoms with Crippen LogP contribution >= 0.6 is 0 Å². The van der Waals surface area contributed by atoms with Gasteiger partial charge in [-0.1, -0.05) is 13.0 Å². The van der Waals surface area contributed by atoms with Crippen molar-refractivity contribution in [3.05, 3.63) is 43.0 Å². The summed E-state index contributed by atoms with van der Waals surface area (Å²) in [7, 11) is 0. The summed E-state index contributed by atoms with van der Waals surface area (Å²) in [5, 5.41) is 6.31. The van der Waals surface area contributed by atoms with E-state index in [4.69, 9.17) is 0 Å². The molecular formula is C16H20N4O. The third-order valence-corrected chi connectivity index (χ3v) is 3.97. The van der Waals surface area contributed by atoms with Gasteiger partial charge in [-0.05, 0) is 43.5 Å². The summed E-state index contributed by atoms with van der Waals surface area (Å²) >= 11 is 0. The number of hydrogen-bond donors (Lipinski definition) is 2. The summed E-state index contributed by atoms with van der Waals surface area (Å²) in [5.41, 5.74) is 1.79. The first-order valence-electron chi connectivity index (χ1n) is 7.37. The van der Waals surface area contributed by atoms with E-state index in [-0.39, 0.29) is 11.9 Å². The van der Waals surface area contributed by atoms with Crippen LogP contribution < -0.4 is 10.6 Å². The van der Waals surface area contributed by atoms with E-state index in [0.29, 0.717) is 5.92 Å². The zero-order valence-corrected chi connectivity index (χ0v) is 12.1. The second-order valence-corrected chi connectivity index (χ2v) is 5.56. The first kappa shape index (κ1) is 13.8. The fourth-order valence-electron chi connectivity index (χ4n) is 2.78. The lowest BCUT2D eigenvalue weighted by molar-refractivity contribution is -0.119. The molecule has 1 aromatic heterocycles. The molecule has 2 aromatic rings. The molecule has 1 aliphatic rings. The Morgan fingerprint density at radius 1 is 1.48 bits per heavy atom. The second kappa shape index (κ2) is 6.10. The van der Waals surface area contributed by atoms with E-state index in [1.807, 2.05) is 35.0 Å². The Morgan fingerprint density at radius 3 is 3.14 bits per heavy atom. The van der Waals surface area contributed by atoms with Crippen LogP contribution in [0.1, 0.15) is 19.8 Å². The Balaban J connectivity index is 1.73. The lowest BCUT2D eigenvalue weighted by Crippen LogP contribution is -2.48. The van der Waals surface area contributed by atoms with Crippen LogP contribution in [0.2, 0.25) is 0 Å². The maximum Gasteiger partial charge on any atom is 0.241 e. The van der Waals surface area contributed by atoms with Gasteiger partial charge in [0.05, 0.1) is 12.4 Å². The zero-order valence-electron chi connectivity index (χ0n) is 12.1. The van der Waals surface area contributed by atoms with E-state index in [1.54, 1.807) is 12.5 Å². The second-order valence-electron chi connectivity index (χ2n) is 5.56. The van der Waals surface area contributed by atoms with E-state index < -0.39 is 0 Å². The number of anilines is 1. The minimum atomic E-state index is -0.101. The first-order valence-corrected chi connectivity index (χ1v) is 7.37. The molecule has 0 aliphatic carbocycles. The Labute approximate surface area is 124 Å². The highest BCUT2D eigenvalue weighted by atomic mass is 16.2. The van der Waals surface area contributed by atoms with Gasteiger partial charge in [-0.2, -0.15) is 0 Å². The van der Waals surface area contributed by atoms with Gasteiger partial charge < -0.3 is 15.2 Å². The van der Waals surface area contributed by atoms with Gasteiger partial charge in [0.25, 0.3) is 0 Å². The van der Waals surface area contributed by atoms with Gasteiger partial charge in [-0.3, -0.25) is 4.79 Å². The molecule has 21 heavy (non-hydrogen) atoms. The van der Waals surface area contributed by atoms with Crippen molar-refractivity contribution in [3.63, 3.8) is 0 Å². The van der Waals surface area contributed by atoms with E-state index >= 15 is 0 Å². The van der Waals surface area contributed by atoms with Crippen LogP contribution in [0.25, 0.3) is 5.69 Å². The fraction of sp³-hybridized carbons (Fsp3) is 0.375. The highest BCUT2D eigenvalue weighted by molar-refractivity contribution is 5.95. The van der Waals surface area contributed by atoms with Crippen LogP contribution in [0.5, 0.6) is 0 Å². The smallest absolute Gasteiger partial charge is 0.241 e. The number of carbonyl (C=O) groups excluding carboxylic acids is 1. The average molecular weight is 284 g/mol. The Bertz CT molecular complexity index is 608. The van der Waals surface area contributed by atoms with Crippen molar-refractivity contribution in [1.82, 2.24) is 14.9 Å². The molecule has 0 spiro atoms. The van der Waals surface area contributed by atoms with Gasteiger partial charge in [0.2, 0.25) is 5.91 Å². The van der Waals surface area contributed by atoms with Crippen LogP contribution in [0, 0.1) is 5.92 Å². The number of benzene rings is 1. The molecule has 1 aliphatic heterocycles. The lowest BCUT2D eigenvalue weighted by Gasteiger charge is -2.29. The Hall–Kier alpha value is -2.14. The molecule has 1 aromatic carbocycles. The minimum Gasteiger partial charge on any atom is -0.325 e. The third-order valence-electron chi connectivity index (χ3n) is 3.97. The molecular weight excluding hydrogens is 264 g/mol. The van der Waals surface area contributed by atoms with Crippen LogP contribution in [0.15, 0.2) is 43.0 Å². The topological polar surface area (TPSA) is 59.0 Å². The van der Waals surface area contributed by atoms with Crippen LogP contribution in [-0.4, -0.2) is 28.0 Å². The highest BCUT2D eigenvalue weighted by Crippen LogP contribution is 2.19. The number of carbonyl (C=O) groups is 1. The maximum absolute atomic E-state index is 12.4. The molecule has 5 heteroatoms. The van der Waals surface area contributed by atoms with Gasteiger partial charge in [-0.15, -0.1) is 0 Å². The zero-order chi connectivity index (χ0) is 14.7. The van der Waals surface area contributed by atoms with Gasteiger partial charge in [0.1, 0.15) is 0 Å². The standard InChI is InChI=1S/C16H20N4O/c1-12-4-3-7-18-15(12)16(21)19-13-5-2-6-14(10-13)20-9-8-17-11-20/h2,5-6,8-12,15,18H,3-4,7H2,1H3,(H,19,21). The first-order chi connectivity index (χ1) is 10.2. The number of amides is 1. The highest BCUT2D eigenvalue weighted by Gasteiger charge is 2.27. The molecule has 1 amide bonds. The van der Waals surface area contributed by atoms with Crippen molar-refractivity contribution in [2.45, 2.75) is 25.8 Å². The molecule has 2 unspecified atom stereocenters. The van der Waals surface area contributed by atoms with Gasteiger partial charge in [0.15, 0.2) is 0 Å². The quantitative estimate of drug-likeness (QED) is 0.908. The fourth-order valence-corrected chi connectivity index (χ4v) is 2.78. The molecule has 2 atom stereocenters. The van der Waals surface area contributed by atoms with Crippen LogP contribution in [0.3, 0.4) is 0 Å². The number of piperidine rings is 1. The van der Waals surface area contributed by atoms with E-state index in [1.165, 1.54) is 0 Å². The Kier molecular flexibility index (Phi) is 4.01. The van der Waals surface area contributed by atoms with E-state index in [0.717, 1.165) is 30.8 Å². The Morgan fingerprint density at radius 2 is 2.38 bits per heavy atom. The summed E-state index contributed by atoms with van der Waals surface area (Å²) in [6.45, 7) is 3.04. The summed E-state index contributed by atoms with van der Waals surface area (Å²) in [5.74, 6) is 0.417.